The number of anilines is 1. The van der Waals surface area contributed by atoms with Crippen LogP contribution in [0.3, 0.4) is 0 Å². The molecule has 1 aliphatic heterocycles. The van der Waals surface area contributed by atoms with E-state index < -0.39 is 5.92 Å². The first kappa shape index (κ1) is 24.6. The maximum atomic E-state index is 13.9. The predicted octanol–water partition coefficient (Wildman–Crippen LogP) is 5.35. The van der Waals surface area contributed by atoms with Crippen LogP contribution >= 0.6 is 0 Å². The van der Waals surface area contributed by atoms with Crippen molar-refractivity contribution in [3.63, 3.8) is 0 Å². The third kappa shape index (κ3) is 4.18. The predicted molar refractivity (Wildman–Crippen MR) is 149 cm³/mol. The Morgan fingerprint density at radius 2 is 1.41 bits per heavy atom. The molecule has 1 aromatic heterocycles. The van der Waals surface area contributed by atoms with Crippen molar-refractivity contribution in [2.24, 2.45) is 0 Å². The molecule has 4 aromatic rings. The van der Waals surface area contributed by atoms with E-state index in [1.165, 1.54) is 0 Å². The molecule has 2 heterocycles. The van der Waals surface area contributed by atoms with Crippen molar-refractivity contribution in [2.75, 3.05) is 26.6 Å². The lowest BCUT2D eigenvalue weighted by Crippen LogP contribution is -2.31. The summed E-state index contributed by atoms with van der Waals surface area (Å²) in [6.45, 7) is 0. The SMILES string of the molecule is COc1cc([C@@H]2CC(=O)C3=C(C2)Nc2[nH][nH]c(=O)c2[C@H]3c2ccc(-c3ccccc3)cc2)cc(OC)c1OC. The Morgan fingerprint density at radius 1 is 0.744 bits per heavy atom. The van der Waals surface area contributed by atoms with E-state index in [0.717, 1.165) is 28.0 Å². The van der Waals surface area contributed by atoms with Crippen LogP contribution < -0.4 is 25.1 Å². The molecule has 3 N–H and O–H groups in total. The van der Waals surface area contributed by atoms with Crippen molar-refractivity contribution >= 4 is 11.6 Å². The maximum absolute atomic E-state index is 13.9. The average Bonchev–Trinajstić information content (AvgIpc) is 3.35. The molecule has 0 saturated carbocycles. The molecule has 0 amide bonds. The largest absolute Gasteiger partial charge is 0.493 e. The second kappa shape index (κ2) is 9.87. The summed E-state index contributed by atoms with van der Waals surface area (Å²) in [4.78, 5) is 26.8. The molecule has 0 radical (unpaired) electrons. The van der Waals surface area contributed by atoms with E-state index in [1.54, 1.807) is 21.3 Å². The molecule has 3 aromatic carbocycles. The third-order valence-corrected chi connectivity index (χ3v) is 7.69. The van der Waals surface area contributed by atoms with E-state index in [4.69, 9.17) is 14.2 Å². The summed E-state index contributed by atoms with van der Waals surface area (Å²) in [7, 11) is 4.72. The third-order valence-electron chi connectivity index (χ3n) is 7.69. The van der Waals surface area contributed by atoms with Gasteiger partial charge in [0.25, 0.3) is 5.56 Å². The molecular formula is C31H29N3O5. The molecule has 0 unspecified atom stereocenters. The van der Waals surface area contributed by atoms with Crippen LogP contribution in [0.2, 0.25) is 0 Å². The summed E-state index contributed by atoms with van der Waals surface area (Å²) in [6.07, 6.45) is 0.889. The van der Waals surface area contributed by atoms with Crippen LogP contribution in [0.5, 0.6) is 17.2 Å². The van der Waals surface area contributed by atoms with Crippen LogP contribution in [-0.2, 0) is 4.79 Å². The Hall–Kier alpha value is -4.72. The van der Waals surface area contributed by atoms with Gasteiger partial charge in [-0.15, -0.1) is 0 Å². The van der Waals surface area contributed by atoms with Crippen molar-refractivity contribution in [3.05, 3.63) is 105 Å². The highest BCUT2D eigenvalue weighted by Crippen LogP contribution is 2.48. The minimum absolute atomic E-state index is 0.00545. The Balaban J connectivity index is 1.41. The summed E-state index contributed by atoms with van der Waals surface area (Å²) >= 11 is 0. The lowest BCUT2D eigenvalue weighted by molar-refractivity contribution is -0.116. The second-order valence-electron chi connectivity index (χ2n) is 9.79. The van der Waals surface area contributed by atoms with Gasteiger partial charge in [0.2, 0.25) is 5.75 Å². The van der Waals surface area contributed by atoms with Crippen LogP contribution in [0.25, 0.3) is 11.1 Å². The zero-order chi connectivity index (χ0) is 27.1. The first-order valence-corrected chi connectivity index (χ1v) is 12.8. The maximum Gasteiger partial charge on any atom is 0.270 e. The van der Waals surface area contributed by atoms with Crippen molar-refractivity contribution < 1.29 is 19.0 Å². The van der Waals surface area contributed by atoms with E-state index in [9.17, 15) is 9.59 Å². The number of allylic oxidation sites excluding steroid dienone is 2. The van der Waals surface area contributed by atoms with Gasteiger partial charge in [0.1, 0.15) is 5.82 Å². The average molecular weight is 524 g/mol. The van der Waals surface area contributed by atoms with E-state index in [-0.39, 0.29) is 17.3 Å². The first-order chi connectivity index (χ1) is 19.0. The number of ketones is 1. The number of aromatic amines is 2. The number of aromatic nitrogens is 2. The van der Waals surface area contributed by atoms with Crippen LogP contribution in [0.15, 0.2) is 82.8 Å². The fraction of sp³-hybridized carbons (Fsp3) is 0.226. The van der Waals surface area contributed by atoms with Crippen molar-refractivity contribution in [3.8, 4) is 28.4 Å². The summed E-state index contributed by atoms with van der Waals surface area (Å²) in [5.74, 6) is 1.62. The monoisotopic (exact) mass is 523 g/mol. The van der Waals surface area contributed by atoms with Crippen LogP contribution in [0.1, 0.15) is 41.4 Å². The quantitative estimate of drug-likeness (QED) is 0.315. The van der Waals surface area contributed by atoms with E-state index >= 15 is 0 Å². The van der Waals surface area contributed by atoms with Gasteiger partial charge < -0.3 is 19.5 Å². The van der Waals surface area contributed by atoms with Gasteiger partial charge in [0, 0.05) is 23.6 Å². The van der Waals surface area contributed by atoms with Crippen LogP contribution in [0.4, 0.5) is 5.82 Å². The molecule has 198 valence electrons. The van der Waals surface area contributed by atoms with Gasteiger partial charge in [0.05, 0.1) is 26.9 Å². The Labute approximate surface area is 225 Å². The summed E-state index contributed by atoms with van der Waals surface area (Å²) in [6, 6.07) is 22.0. The number of hydrogen-bond donors (Lipinski definition) is 3. The van der Waals surface area contributed by atoms with Crippen LogP contribution in [-0.4, -0.2) is 37.3 Å². The standard InChI is InChI=1S/C31H29N3O5/c1-37-24-15-21(16-25(38-2)29(24)39-3)20-13-22-27(23(35)14-20)26(28-30(32-22)33-34-31(28)36)19-11-9-18(10-12-19)17-7-5-4-6-8-17/h4-12,15-16,20,26H,13-14H2,1-3H3,(H3,32,33,34,36)/t20-,26-/m0/s1. The highest BCUT2D eigenvalue weighted by atomic mass is 16.5. The van der Waals surface area contributed by atoms with Gasteiger partial charge in [-0.05, 0) is 46.7 Å². The number of hydrogen-bond acceptors (Lipinski definition) is 6. The molecule has 2 atom stereocenters. The number of rotatable bonds is 6. The van der Waals surface area contributed by atoms with Gasteiger partial charge >= 0.3 is 0 Å². The molecule has 2 aliphatic rings. The van der Waals surface area contributed by atoms with E-state index in [0.29, 0.717) is 47.0 Å². The normalized spacial score (nSPS) is 18.2. The fourth-order valence-electron chi connectivity index (χ4n) is 5.83. The Bertz CT molecular complexity index is 1610. The highest BCUT2D eigenvalue weighted by molar-refractivity contribution is 6.01. The molecule has 39 heavy (non-hydrogen) atoms. The molecule has 6 rings (SSSR count). The van der Waals surface area contributed by atoms with Gasteiger partial charge in [-0.25, -0.2) is 0 Å². The topological polar surface area (TPSA) is 105 Å². The number of H-pyrrole nitrogens is 2. The van der Waals surface area contributed by atoms with Gasteiger partial charge in [-0.3, -0.25) is 19.8 Å². The Morgan fingerprint density at radius 3 is 2.05 bits per heavy atom. The molecule has 1 aliphatic carbocycles. The zero-order valence-corrected chi connectivity index (χ0v) is 22.0. The van der Waals surface area contributed by atoms with Crippen molar-refractivity contribution in [1.82, 2.24) is 10.2 Å². The van der Waals surface area contributed by atoms with E-state index in [1.807, 2.05) is 54.6 Å². The minimum atomic E-state index is -0.468. The Kier molecular flexibility index (Phi) is 6.23. The molecule has 8 nitrogen and oxygen atoms in total. The summed E-state index contributed by atoms with van der Waals surface area (Å²) in [5.41, 5.74) is 5.74. The van der Waals surface area contributed by atoms with Crippen molar-refractivity contribution in [2.45, 2.75) is 24.7 Å². The number of fused-ring (bicyclic) bond motifs is 1. The number of methoxy groups -OCH3 is 3. The second-order valence-corrected chi connectivity index (χ2v) is 9.79. The highest BCUT2D eigenvalue weighted by Gasteiger charge is 2.40. The van der Waals surface area contributed by atoms with Gasteiger partial charge in [-0.2, -0.15) is 0 Å². The van der Waals surface area contributed by atoms with Gasteiger partial charge in [-0.1, -0.05) is 54.6 Å². The number of benzene rings is 3. The van der Waals surface area contributed by atoms with Crippen LogP contribution in [0, 0.1) is 0 Å². The molecular weight excluding hydrogens is 494 g/mol. The lowest BCUT2D eigenvalue weighted by atomic mass is 9.72. The number of carbonyl (C=O) groups excluding carboxylic acids is 1. The molecule has 0 spiro atoms. The van der Waals surface area contributed by atoms with Gasteiger partial charge in [0.15, 0.2) is 17.3 Å². The molecule has 0 bridgehead atoms. The molecule has 0 fully saturated rings. The number of carbonyl (C=O) groups is 1. The number of Topliss-reactive ketones (excluding diaryl/α,β-unsaturated/α-hetero) is 1. The fourth-order valence-corrected chi connectivity index (χ4v) is 5.83. The van der Waals surface area contributed by atoms with Crippen molar-refractivity contribution in [1.29, 1.82) is 0 Å². The summed E-state index contributed by atoms with van der Waals surface area (Å²) < 4.78 is 16.6. The molecule has 0 saturated heterocycles. The first-order valence-electron chi connectivity index (χ1n) is 12.8. The smallest absolute Gasteiger partial charge is 0.270 e. The zero-order valence-electron chi connectivity index (χ0n) is 22.0. The molecule has 8 heteroatoms. The number of nitrogens with one attached hydrogen (secondary N) is 3. The lowest BCUT2D eigenvalue weighted by Gasteiger charge is -2.34. The minimum Gasteiger partial charge on any atom is -0.493 e. The summed E-state index contributed by atoms with van der Waals surface area (Å²) in [5, 5.41) is 9.02. The number of ether oxygens (including phenoxy) is 3. The van der Waals surface area contributed by atoms with E-state index in [2.05, 4.69) is 27.6 Å².